The molecule has 0 bridgehead atoms. The molecule has 0 N–H and O–H groups in total. The molecule has 0 saturated heterocycles. The van der Waals surface area contributed by atoms with E-state index in [-0.39, 0.29) is 0 Å². The Bertz CT molecular complexity index is 274. The zero-order valence-corrected chi connectivity index (χ0v) is 7.53. The summed E-state index contributed by atoms with van der Waals surface area (Å²) in [7, 11) is 0. The summed E-state index contributed by atoms with van der Waals surface area (Å²) in [5, 5.41) is 2.95. The monoisotopic (exact) mass is 162 g/mol. The second-order valence-corrected chi connectivity index (χ2v) is 2.91. The SMILES string of the molecule is CSC#Cc1ccc(C)cc1. The molecule has 0 fully saturated rings. The molecule has 0 unspecified atom stereocenters. The predicted molar refractivity (Wildman–Crippen MR) is 51.6 cm³/mol. The Balaban J connectivity index is 2.82. The molecule has 56 valence electrons. The van der Waals surface area contributed by atoms with Gasteiger partial charge in [0, 0.05) is 5.56 Å². The highest BCUT2D eigenvalue weighted by atomic mass is 32.2. The van der Waals surface area contributed by atoms with Crippen molar-refractivity contribution in [2.75, 3.05) is 6.26 Å². The van der Waals surface area contributed by atoms with Gasteiger partial charge in [0.15, 0.2) is 0 Å². The molecule has 0 nitrogen and oxygen atoms in total. The molecule has 1 aromatic carbocycles. The number of hydrogen-bond acceptors (Lipinski definition) is 1. The molecule has 0 atom stereocenters. The Morgan fingerprint density at radius 3 is 2.36 bits per heavy atom. The lowest BCUT2D eigenvalue weighted by Gasteiger charge is -1.90. The largest absolute Gasteiger partial charge is 0.0781 e. The van der Waals surface area contributed by atoms with Crippen LogP contribution in [0.3, 0.4) is 0 Å². The Morgan fingerprint density at radius 1 is 1.18 bits per heavy atom. The summed E-state index contributed by atoms with van der Waals surface area (Å²) >= 11 is 1.54. The lowest BCUT2D eigenvalue weighted by molar-refractivity contribution is 1.46. The maximum atomic E-state index is 3.03. The average molecular weight is 162 g/mol. The first-order valence-electron chi connectivity index (χ1n) is 3.43. The van der Waals surface area contributed by atoms with Gasteiger partial charge in [-0.05, 0) is 30.6 Å². The molecular formula is C10H10S. The summed E-state index contributed by atoms with van der Waals surface area (Å²) in [5.41, 5.74) is 2.37. The van der Waals surface area contributed by atoms with Gasteiger partial charge in [-0.25, -0.2) is 0 Å². The molecule has 0 spiro atoms. The van der Waals surface area contributed by atoms with Crippen molar-refractivity contribution < 1.29 is 0 Å². The fourth-order valence-electron chi connectivity index (χ4n) is 0.747. The zero-order valence-electron chi connectivity index (χ0n) is 6.72. The van der Waals surface area contributed by atoms with Crippen LogP contribution in [0.15, 0.2) is 24.3 Å². The predicted octanol–water partition coefficient (Wildman–Crippen LogP) is 2.67. The van der Waals surface area contributed by atoms with E-state index in [0.717, 1.165) is 5.56 Å². The normalized spacial score (nSPS) is 8.55. The van der Waals surface area contributed by atoms with E-state index in [9.17, 15) is 0 Å². The first-order chi connectivity index (χ1) is 5.33. The summed E-state index contributed by atoms with van der Waals surface area (Å²) in [5.74, 6) is 3.03. The Kier molecular flexibility index (Phi) is 3.07. The van der Waals surface area contributed by atoms with Gasteiger partial charge >= 0.3 is 0 Å². The molecule has 0 aromatic heterocycles. The fraction of sp³-hybridized carbons (Fsp3) is 0.200. The van der Waals surface area contributed by atoms with E-state index < -0.39 is 0 Å². The van der Waals surface area contributed by atoms with Gasteiger partial charge in [-0.3, -0.25) is 0 Å². The quantitative estimate of drug-likeness (QED) is 0.528. The van der Waals surface area contributed by atoms with Gasteiger partial charge in [-0.2, -0.15) is 0 Å². The molecule has 0 heterocycles. The lowest BCUT2D eigenvalue weighted by Crippen LogP contribution is -1.73. The Labute approximate surface area is 72.0 Å². The first-order valence-corrected chi connectivity index (χ1v) is 4.66. The van der Waals surface area contributed by atoms with Crippen LogP contribution in [0.5, 0.6) is 0 Å². The Hall–Kier alpha value is -0.870. The zero-order chi connectivity index (χ0) is 8.10. The number of aryl methyl sites for hydroxylation is 1. The molecule has 0 radical (unpaired) electrons. The van der Waals surface area contributed by atoms with Crippen LogP contribution in [-0.2, 0) is 0 Å². The molecular weight excluding hydrogens is 152 g/mol. The summed E-state index contributed by atoms with van der Waals surface area (Å²) < 4.78 is 0. The number of thioether (sulfide) groups is 1. The van der Waals surface area contributed by atoms with E-state index in [1.54, 1.807) is 0 Å². The van der Waals surface area contributed by atoms with Crippen LogP contribution < -0.4 is 0 Å². The van der Waals surface area contributed by atoms with Gasteiger partial charge in [0.25, 0.3) is 0 Å². The van der Waals surface area contributed by atoms with E-state index >= 15 is 0 Å². The number of hydrogen-bond donors (Lipinski definition) is 0. The van der Waals surface area contributed by atoms with Crippen molar-refractivity contribution in [1.29, 1.82) is 0 Å². The summed E-state index contributed by atoms with van der Waals surface area (Å²) in [6.45, 7) is 2.08. The number of benzene rings is 1. The molecule has 0 amide bonds. The summed E-state index contributed by atoms with van der Waals surface area (Å²) in [6, 6.07) is 8.23. The van der Waals surface area contributed by atoms with E-state index in [0.29, 0.717) is 0 Å². The van der Waals surface area contributed by atoms with Crippen LogP contribution in [0, 0.1) is 18.1 Å². The van der Waals surface area contributed by atoms with Crippen LogP contribution in [-0.4, -0.2) is 6.26 Å². The van der Waals surface area contributed by atoms with Crippen molar-refractivity contribution in [3.05, 3.63) is 35.4 Å². The molecule has 0 aliphatic carbocycles. The maximum Gasteiger partial charge on any atom is 0.0254 e. The average Bonchev–Trinajstić information content (AvgIpc) is 2.04. The van der Waals surface area contributed by atoms with Crippen molar-refractivity contribution in [2.45, 2.75) is 6.92 Å². The highest BCUT2D eigenvalue weighted by Gasteiger charge is 1.84. The van der Waals surface area contributed by atoms with Gasteiger partial charge in [-0.1, -0.05) is 35.4 Å². The van der Waals surface area contributed by atoms with Crippen molar-refractivity contribution in [3.63, 3.8) is 0 Å². The minimum Gasteiger partial charge on any atom is -0.0781 e. The standard InChI is InChI=1S/C10H10S/c1-9-3-5-10(6-4-9)7-8-11-2/h3-6H,1-2H3. The van der Waals surface area contributed by atoms with Gasteiger partial charge in [-0.15, -0.1) is 0 Å². The maximum absolute atomic E-state index is 3.03. The highest BCUT2D eigenvalue weighted by molar-refractivity contribution is 8.03. The second kappa shape index (κ2) is 4.10. The fourth-order valence-corrected chi connectivity index (χ4v) is 0.967. The van der Waals surface area contributed by atoms with Gasteiger partial charge in [0.2, 0.25) is 0 Å². The highest BCUT2D eigenvalue weighted by Crippen LogP contribution is 2.01. The molecule has 1 rings (SSSR count). The lowest BCUT2D eigenvalue weighted by atomic mass is 10.2. The molecule has 1 aromatic rings. The van der Waals surface area contributed by atoms with Crippen LogP contribution in [0.25, 0.3) is 0 Å². The van der Waals surface area contributed by atoms with E-state index in [1.807, 2.05) is 18.4 Å². The van der Waals surface area contributed by atoms with E-state index in [1.165, 1.54) is 17.3 Å². The van der Waals surface area contributed by atoms with Gasteiger partial charge in [0.1, 0.15) is 0 Å². The summed E-state index contributed by atoms with van der Waals surface area (Å²) in [4.78, 5) is 0. The molecule has 1 heteroatoms. The minimum atomic E-state index is 1.09. The van der Waals surface area contributed by atoms with Crippen LogP contribution >= 0.6 is 11.8 Å². The molecule has 0 aliphatic heterocycles. The molecule has 0 aliphatic rings. The third-order valence-electron chi connectivity index (χ3n) is 1.35. The summed E-state index contributed by atoms with van der Waals surface area (Å²) in [6.07, 6.45) is 1.97. The smallest absolute Gasteiger partial charge is 0.0254 e. The van der Waals surface area contributed by atoms with Crippen molar-refractivity contribution in [2.24, 2.45) is 0 Å². The van der Waals surface area contributed by atoms with Crippen molar-refractivity contribution >= 4 is 11.8 Å². The minimum absolute atomic E-state index is 1.09. The van der Waals surface area contributed by atoms with E-state index in [4.69, 9.17) is 0 Å². The van der Waals surface area contributed by atoms with Crippen molar-refractivity contribution in [1.82, 2.24) is 0 Å². The Morgan fingerprint density at radius 2 is 1.82 bits per heavy atom. The van der Waals surface area contributed by atoms with Gasteiger partial charge < -0.3 is 0 Å². The topological polar surface area (TPSA) is 0 Å². The van der Waals surface area contributed by atoms with Crippen molar-refractivity contribution in [3.8, 4) is 11.2 Å². The first kappa shape index (κ1) is 8.23. The van der Waals surface area contributed by atoms with Crippen LogP contribution in [0.4, 0.5) is 0 Å². The van der Waals surface area contributed by atoms with Gasteiger partial charge in [0.05, 0.1) is 0 Å². The second-order valence-electron chi connectivity index (χ2n) is 2.30. The molecule has 0 saturated carbocycles. The third kappa shape index (κ3) is 2.69. The number of rotatable bonds is 0. The van der Waals surface area contributed by atoms with E-state index in [2.05, 4.69) is 30.2 Å². The van der Waals surface area contributed by atoms with Crippen LogP contribution in [0.2, 0.25) is 0 Å². The third-order valence-corrected chi connectivity index (χ3v) is 1.66. The molecule has 11 heavy (non-hydrogen) atoms. The van der Waals surface area contributed by atoms with Crippen LogP contribution in [0.1, 0.15) is 11.1 Å².